The second-order valence-electron chi connectivity index (χ2n) is 5.08. The molecule has 2 N–H and O–H groups in total. The van der Waals surface area contributed by atoms with Gasteiger partial charge in [0.05, 0.1) is 0 Å². The molecule has 2 rings (SSSR count). The quantitative estimate of drug-likeness (QED) is 0.832. The first-order valence-electron chi connectivity index (χ1n) is 6.47. The van der Waals surface area contributed by atoms with Crippen molar-refractivity contribution < 1.29 is 0 Å². The fourth-order valence-electron chi connectivity index (χ4n) is 2.05. The minimum Gasteiger partial charge on any atom is -0.304 e. The van der Waals surface area contributed by atoms with Gasteiger partial charge in [0.15, 0.2) is 0 Å². The maximum atomic E-state index is 6.32. The maximum absolute atomic E-state index is 6.32. The standard InChI is InChI=1S/C17H20N2/c1-13-9-11-15(12-10-13)14(2)19-17(3,18)16-7-5-4-6-8-16/h4-12H,18H2,1-3H3. The summed E-state index contributed by atoms with van der Waals surface area (Å²) in [5.41, 5.74) is 9.94. The molecule has 0 heterocycles. The first-order chi connectivity index (χ1) is 8.99. The molecule has 2 aromatic rings. The molecule has 0 fully saturated rings. The highest BCUT2D eigenvalue weighted by molar-refractivity contribution is 5.99. The number of hydrogen-bond donors (Lipinski definition) is 1. The van der Waals surface area contributed by atoms with Gasteiger partial charge in [0.2, 0.25) is 0 Å². The van der Waals surface area contributed by atoms with E-state index >= 15 is 0 Å². The first-order valence-corrected chi connectivity index (χ1v) is 6.47. The molecule has 2 heteroatoms. The Morgan fingerprint density at radius 2 is 1.58 bits per heavy atom. The van der Waals surface area contributed by atoms with Crippen LogP contribution in [0, 0.1) is 6.92 Å². The van der Waals surface area contributed by atoms with Gasteiger partial charge in [0.25, 0.3) is 0 Å². The fraction of sp³-hybridized carbons (Fsp3) is 0.235. The monoisotopic (exact) mass is 252 g/mol. The normalized spacial score (nSPS) is 15.1. The molecule has 98 valence electrons. The molecule has 0 saturated carbocycles. The van der Waals surface area contributed by atoms with Gasteiger partial charge >= 0.3 is 0 Å². The van der Waals surface area contributed by atoms with E-state index < -0.39 is 5.66 Å². The number of aliphatic imine (C=N–C) groups is 1. The lowest BCUT2D eigenvalue weighted by Crippen LogP contribution is -2.31. The van der Waals surface area contributed by atoms with Gasteiger partial charge in [-0.15, -0.1) is 0 Å². The Balaban J connectivity index is 2.32. The van der Waals surface area contributed by atoms with Gasteiger partial charge < -0.3 is 5.73 Å². The zero-order chi connectivity index (χ0) is 13.9. The second kappa shape index (κ2) is 5.37. The Morgan fingerprint density at radius 1 is 1.00 bits per heavy atom. The molecule has 0 aromatic heterocycles. The van der Waals surface area contributed by atoms with Crippen molar-refractivity contribution in [3.8, 4) is 0 Å². The van der Waals surface area contributed by atoms with Crippen LogP contribution < -0.4 is 5.73 Å². The van der Waals surface area contributed by atoms with Crippen LogP contribution in [-0.2, 0) is 5.66 Å². The number of nitrogens with zero attached hydrogens (tertiary/aromatic N) is 1. The number of benzene rings is 2. The van der Waals surface area contributed by atoms with E-state index in [9.17, 15) is 0 Å². The summed E-state index contributed by atoms with van der Waals surface area (Å²) < 4.78 is 0. The third-order valence-corrected chi connectivity index (χ3v) is 3.23. The summed E-state index contributed by atoms with van der Waals surface area (Å²) in [6, 6.07) is 18.3. The number of hydrogen-bond acceptors (Lipinski definition) is 2. The predicted molar refractivity (Wildman–Crippen MR) is 81.4 cm³/mol. The highest BCUT2D eigenvalue weighted by Crippen LogP contribution is 2.20. The lowest BCUT2D eigenvalue weighted by Gasteiger charge is -2.21. The van der Waals surface area contributed by atoms with Gasteiger partial charge in [-0.05, 0) is 31.9 Å². The Morgan fingerprint density at radius 3 is 2.16 bits per heavy atom. The van der Waals surface area contributed by atoms with Crippen molar-refractivity contribution in [2.75, 3.05) is 0 Å². The van der Waals surface area contributed by atoms with E-state index in [4.69, 9.17) is 5.73 Å². The third-order valence-electron chi connectivity index (χ3n) is 3.23. The minimum absolute atomic E-state index is 0.698. The SMILES string of the molecule is CC(=NC(C)(N)c1ccccc1)c1ccc(C)cc1. The molecule has 0 amide bonds. The van der Waals surface area contributed by atoms with Crippen LogP contribution in [0.2, 0.25) is 0 Å². The average Bonchev–Trinajstić information content (AvgIpc) is 2.40. The van der Waals surface area contributed by atoms with E-state index in [0.717, 1.165) is 16.8 Å². The molecule has 0 aliphatic rings. The molecule has 0 aliphatic carbocycles. The Kier molecular flexibility index (Phi) is 3.82. The lowest BCUT2D eigenvalue weighted by atomic mass is 10.0. The average molecular weight is 252 g/mol. The van der Waals surface area contributed by atoms with Crippen molar-refractivity contribution in [3.05, 3.63) is 71.3 Å². The van der Waals surface area contributed by atoms with Crippen molar-refractivity contribution in [1.82, 2.24) is 0 Å². The molecule has 0 bridgehead atoms. The number of nitrogens with two attached hydrogens (primary N) is 1. The third kappa shape index (κ3) is 3.30. The molecule has 19 heavy (non-hydrogen) atoms. The van der Waals surface area contributed by atoms with Crippen molar-refractivity contribution in [3.63, 3.8) is 0 Å². The highest BCUT2D eigenvalue weighted by Gasteiger charge is 2.19. The summed E-state index contributed by atoms with van der Waals surface area (Å²) in [6.45, 7) is 6.01. The van der Waals surface area contributed by atoms with Gasteiger partial charge in [0, 0.05) is 5.71 Å². The molecule has 0 radical (unpaired) electrons. The molecule has 0 spiro atoms. The van der Waals surface area contributed by atoms with Crippen LogP contribution in [0.3, 0.4) is 0 Å². The summed E-state index contributed by atoms with van der Waals surface area (Å²) in [6.07, 6.45) is 0. The van der Waals surface area contributed by atoms with Gasteiger partial charge in [0.1, 0.15) is 5.66 Å². The van der Waals surface area contributed by atoms with E-state index in [1.165, 1.54) is 5.56 Å². The highest BCUT2D eigenvalue weighted by atomic mass is 15.0. The summed E-state index contributed by atoms with van der Waals surface area (Å²) in [7, 11) is 0. The molecule has 1 unspecified atom stereocenters. The van der Waals surface area contributed by atoms with Gasteiger partial charge in [-0.1, -0.05) is 60.2 Å². The Bertz CT molecular complexity index is 566. The minimum atomic E-state index is -0.698. The van der Waals surface area contributed by atoms with E-state index in [2.05, 4.69) is 36.2 Å². The zero-order valence-electron chi connectivity index (χ0n) is 11.7. The van der Waals surface area contributed by atoms with Crippen LogP contribution in [0.25, 0.3) is 0 Å². The Hall–Kier alpha value is -1.93. The summed E-state index contributed by atoms with van der Waals surface area (Å²) >= 11 is 0. The van der Waals surface area contributed by atoms with Crippen molar-refractivity contribution >= 4 is 5.71 Å². The van der Waals surface area contributed by atoms with Crippen molar-refractivity contribution in [2.45, 2.75) is 26.4 Å². The Labute approximate surface area is 115 Å². The molecule has 0 saturated heterocycles. The molecule has 0 aliphatic heterocycles. The number of aryl methyl sites for hydroxylation is 1. The van der Waals surface area contributed by atoms with Gasteiger partial charge in [-0.2, -0.15) is 0 Å². The van der Waals surface area contributed by atoms with Gasteiger partial charge in [-0.25, -0.2) is 0 Å². The fourth-order valence-corrected chi connectivity index (χ4v) is 2.05. The van der Waals surface area contributed by atoms with Crippen LogP contribution in [0.1, 0.15) is 30.5 Å². The van der Waals surface area contributed by atoms with E-state index in [1.807, 2.05) is 44.2 Å². The van der Waals surface area contributed by atoms with Crippen LogP contribution >= 0.6 is 0 Å². The molecule has 2 nitrogen and oxygen atoms in total. The van der Waals surface area contributed by atoms with Crippen molar-refractivity contribution in [2.24, 2.45) is 10.7 Å². The smallest absolute Gasteiger partial charge is 0.131 e. The van der Waals surface area contributed by atoms with Crippen LogP contribution in [0.15, 0.2) is 59.6 Å². The number of rotatable bonds is 3. The molecular weight excluding hydrogens is 232 g/mol. The molecular formula is C17H20N2. The molecule has 1 atom stereocenters. The summed E-state index contributed by atoms with van der Waals surface area (Å²) in [5.74, 6) is 0. The van der Waals surface area contributed by atoms with Crippen LogP contribution in [-0.4, -0.2) is 5.71 Å². The lowest BCUT2D eigenvalue weighted by molar-refractivity contribution is 0.525. The largest absolute Gasteiger partial charge is 0.304 e. The van der Waals surface area contributed by atoms with E-state index in [-0.39, 0.29) is 0 Å². The van der Waals surface area contributed by atoms with Crippen LogP contribution in [0.4, 0.5) is 0 Å². The predicted octanol–water partition coefficient (Wildman–Crippen LogP) is 3.64. The van der Waals surface area contributed by atoms with E-state index in [1.54, 1.807) is 0 Å². The second-order valence-corrected chi connectivity index (χ2v) is 5.08. The van der Waals surface area contributed by atoms with E-state index in [0.29, 0.717) is 0 Å². The maximum Gasteiger partial charge on any atom is 0.131 e. The summed E-state index contributed by atoms with van der Waals surface area (Å²) in [4.78, 5) is 4.67. The van der Waals surface area contributed by atoms with Crippen LogP contribution in [0.5, 0.6) is 0 Å². The summed E-state index contributed by atoms with van der Waals surface area (Å²) in [5, 5.41) is 0. The molecule has 2 aromatic carbocycles. The zero-order valence-corrected chi connectivity index (χ0v) is 11.7. The first kappa shape index (κ1) is 13.5. The topological polar surface area (TPSA) is 38.4 Å². The van der Waals surface area contributed by atoms with Crippen molar-refractivity contribution in [1.29, 1.82) is 0 Å². The van der Waals surface area contributed by atoms with Gasteiger partial charge in [-0.3, -0.25) is 4.99 Å².